The van der Waals surface area contributed by atoms with E-state index in [9.17, 15) is 4.79 Å². The molecule has 4 rings (SSSR count). The van der Waals surface area contributed by atoms with Crippen LogP contribution in [-0.2, 0) is 17.6 Å². The second kappa shape index (κ2) is 9.29. The van der Waals surface area contributed by atoms with Gasteiger partial charge in [0, 0.05) is 28.2 Å². The van der Waals surface area contributed by atoms with Crippen molar-refractivity contribution in [3.63, 3.8) is 0 Å². The first kappa shape index (κ1) is 20.5. The van der Waals surface area contributed by atoms with Crippen molar-refractivity contribution in [1.82, 2.24) is 20.3 Å². The second-order valence-corrected chi connectivity index (χ2v) is 6.92. The molecule has 0 spiro atoms. The van der Waals surface area contributed by atoms with E-state index in [-0.39, 0.29) is 12.4 Å². The van der Waals surface area contributed by atoms with Crippen LogP contribution in [0.4, 0.5) is 5.69 Å². The molecule has 0 fully saturated rings. The van der Waals surface area contributed by atoms with Crippen molar-refractivity contribution in [2.24, 2.45) is 0 Å². The lowest BCUT2D eigenvalue weighted by Gasteiger charge is -2.23. The molecule has 0 saturated carbocycles. The molecule has 152 valence electrons. The van der Waals surface area contributed by atoms with Gasteiger partial charge >= 0.3 is 0 Å². The summed E-state index contributed by atoms with van der Waals surface area (Å²) in [6.45, 7) is 4.69. The molecule has 4 N–H and O–H groups in total. The van der Waals surface area contributed by atoms with E-state index < -0.39 is 0 Å². The molecule has 1 atom stereocenters. The number of H-pyrrole nitrogens is 1. The number of hydrogen-bond acceptors (Lipinski definition) is 5. The van der Waals surface area contributed by atoms with Gasteiger partial charge in [0.25, 0.3) is 12.4 Å². The summed E-state index contributed by atoms with van der Waals surface area (Å²) in [6, 6.07) is 6.35. The molecule has 0 bridgehead atoms. The van der Waals surface area contributed by atoms with Crippen LogP contribution in [-0.4, -0.2) is 45.0 Å². The number of nitrogens with zero attached hydrogens (tertiary/aromatic N) is 2. The summed E-state index contributed by atoms with van der Waals surface area (Å²) in [5, 5.41) is 14.4. The predicted octanol–water partition coefficient (Wildman–Crippen LogP) is 2.69. The monoisotopic (exact) mass is 395 g/mol. The number of carbonyl (C=O) groups excluding carboxylic acids is 1. The summed E-state index contributed by atoms with van der Waals surface area (Å²) < 4.78 is 0. The molecule has 1 amide bonds. The van der Waals surface area contributed by atoms with Crippen LogP contribution in [0.25, 0.3) is 10.9 Å². The fourth-order valence-electron chi connectivity index (χ4n) is 3.68. The number of carboxylic acid groups (broad SMARTS) is 1. The number of hydrogen-bond donors (Lipinski definition) is 4. The minimum atomic E-state index is -0.250. The van der Waals surface area contributed by atoms with Gasteiger partial charge in [0.15, 0.2) is 0 Å². The first-order valence-corrected chi connectivity index (χ1v) is 9.60. The van der Waals surface area contributed by atoms with Crippen molar-refractivity contribution in [2.45, 2.75) is 39.2 Å². The number of aryl methyl sites for hydroxylation is 2. The van der Waals surface area contributed by atoms with Gasteiger partial charge < -0.3 is 20.7 Å². The van der Waals surface area contributed by atoms with Gasteiger partial charge in [-0.1, -0.05) is 6.92 Å². The van der Waals surface area contributed by atoms with E-state index in [1.807, 2.05) is 25.1 Å². The number of rotatable bonds is 4. The number of carbonyl (C=O) groups is 2. The van der Waals surface area contributed by atoms with E-state index in [1.54, 1.807) is 12.4 Å². The highest BCUT2D eigenvalue weighted by Crippen LogP contribution is 2.30. The zero-order valence-corrected chi connectivity index (χ0v) is 16.5. The van der Waals surface area contributed by atoms with E-state index in [2.05, 4.69) is 32.5 Å². The fraction of sp³-hybridized carbons (Fsp3) is 0.333. The topological polar surface area (TPSA) is 120 Å². The Kier molecular flexibility index (Phi) is 6.56. The van der Waals surface area contributed by atoms with Crippen LogP contribution in [0.5, 0.6) is 0 Å². The highest BCUT2D eigenvalue weighted by atomic mass is 16.3. The zero-order chi connectivity index (χ0) is 20.8. The van der Waals surface area contributed by atoms with Gasteiger partial charge in [-0.3, -0.25) is 9.59 Å². The van der Waals surface area contributed by atoms with E-state index in [4.69, 9.17) is 9.90 Å². The Hall–Kier alpha value is -3.26. The largest absolute Gasteiger partial charge is 0.483 e. The van der Waals surface area contributed by atoms with Gasteiger partial charge in [-0.2, -0.15) is 0 Å². The van der Waals surface area contributed by atoms with Crippen LogP contribution < -0.4 is 10.6 Å². The van der Waals surface area contributed by atoms with Crippen LogP contribution in [0.3, 0.4) is 0 Å². The Morgan fingerprint density at radius 3 is 2.76 bits per heavy atom. The first-order chi connectivity index (χ1) is 14.0. The highest BCUT2D eigenvalue weighted by Gasteiger charge is 2.22. The molecule has 0 saturated heterocycles. The maximum absolute atomic E-state index is 12.6. The molecule has 8 heteroatoms. The van der Waals surface area contributed by atoms with Crippen molar-refractivity contribution >= 4 is 29.0 Å². The molecule has 2 aromatic heterocycles. The Morgan fingerprint density at radius 1 is 1.34 bits per heavy atom. The molecule has 3 aromatic rings. The molecule has 1 aliphatic rings. The quantitative estimate of drug-likeness (QED) is 0.504. The highest BCUT2D eigenvalue weighted by molar-refractivity contribution is 6.06. The van der Waals surface area contributed by atoms with Crippen molar-refractivity contribution in [3.05, 3.63) is 53.2 Å². The lowest BCUT2D eigenvalue weighted by Crippen LogP contribution is -2.34. The minimum Gasteiger partial charge on any atom is -0.483 e. The summed E-state index contributed by atoms with van der Waals surface area (Å²) in [5.41, 5.74) is 4.99. The van der Waals surface area contributed by atoms with Crippen LogP contribution in [0, 0.1) is 6.92 Å². The normalized spacial score (nSPS) is 15.2. The molecular weight excluding hydrogens is 370 g/mol. The summed E-state index contributed by atoms with van der Waals surface area (Å²) in [7, 11) is 0. The molecule has 1 aliphatic carbocycles. The predicted molar refractivity (Wildman–Crippen MR) is 111 cm³/mol. The number of nitrogens with one attached hydrogen (secondary N) is 3. The minimum absolute atomic E-state index is 0.145. The number of likely N-dealkylation sites (N-methyl/N-ethyl adjacent to an activating group) is 1. The van der Waals surface area contributed by atoms with Gasteiger partial charge in [0.05, 0.1) is 18.1 Å². The van der Waals surface area contributed by atoms with Gasteiger partial charge in [-0.15, -0.1) is 0 Å². The van der Waals surface area contributed by atoms with E-state index in [0.717, 1.165) is 36.7 Å². The maximum Gasteiger partial charge on any atom is 0.290 e. The molecule has 8 nitrogen and oxygen atoms in total. The number of amides is 1. The summed E-state index contributed by atoms with van der Waals surface area (Å²) in [5.74, 6) is 0.534. The van der Waals surface area contributed by atoms with E-state index in [0.29, 0.717) is 23.1 Å². The summed E-state index contributed by atoms with van der Waals surface area (Å²) >= 11 is 0. The van der Waals surface area contributed by atoms with E-state index >= 15 is 0 Å². The van der Waals surface area contributed by atoms with Crippen molar-refractivity contribution in [1.29, 1.82) is 0 Å². The number of benzene rings is 1. The number of aromatic nitrogens is 3. The Labute approximate surface area is 168 Å². The lowest BCUT2D eigenvalue weighted by molar-refractivity contribution is -0.122. The molecule has 29 heavy (non-hydrogen) atoms. The standard InChI is InChI=1S/C20H23N5O.CH2O2/c1-3-21-14-5-7-19-17(9-14)16-8-13(4-6-18(16)25-19)20(26)24-15-10-22-12(2)23-11-15;2-1-3/h4,6,8,10-11,14,21,25H,3,5,7,9H2,1-2H3,(H,24,26);1H,(H,2,3). The third-order valence-corrected chi connectivity index (χ3v) is 4.98. The smallest absolute Gasteiger partial charge is 0.290 e. The van der Waals surface area contributed by atoms with Gasteiger partial charge in [-0.05, 0) is 56.5 Å². The maximum atomic E-state index is 12.6. The Morgan fingerprint density at radius 2 is 2.07 bits per heavy atom. The number of fused-ring (bicyclic) bond motifs is 3. The third-order valence-electron chi connectivity index (χ3n) is 4.98. The van der Waals surface area contributed by atoms with Crippen molar-refractivity contribution in [3.8, 4) is 0 Å². The van der Waals surface area contributed by atoms with Crippen molar-refractivity contribution < 1.29 is 14.7 Å². The second-order valence-electron chi connectivity index (χ2n) is 6.92. The van der Waals surface area contributed by atoms with Crippen LogP contribution in [0.1, 0.15) is 40.8 Å². The fourth-order valence-corrected chi connectivity index (χ4v) is 3.68. The van der Waals surface area contributed by atoms with Crippen molar-refractivity contribution in [2.75, 3.05) is 11.9 Å². The SMILES string of the molecule is CCNC1CCc2[nH]c3ccc(C(=O)Nc4cnc(C)nc4)cc3c2C1.O=CO. The van der Waals surface area contributed by atoms with Gasteiger partial charge in [-0.25, -0.2) is 9.97 Å². The Bertz CT molecular complexity index is 997. The van der Waals surface area contributed by atoms with Crippen LogP contribution >= 0.6 is 0 Å². The van der Waals surface area contributed by atoms with Gasteiger partial charge in [0.2, 0.25) is 0 Å². The summed E-state index contributed by atoms with van der Waals surface area (Å²) in [4.78, 5) is 32.7. The van der Waals surface area contributed by atoms with E-state index in [1.165, 1.54) is 11.3 Å². The summed E-state index contributed by atoms with van der Waals surface area (Å²) in [6.07, 6.45) is 6.44. The molecule has 0 aliphatic heterocycles. The lowest BCUT2D eigenvalue weighted by atomic mass is 9.91. The van der Waals surface area contributed by atoms with Gasteiger partial charge in [0.1, 0.15) is 5.82 Å². The molecular formula is C21H25N5O3. The zero-order valence-electron chi connectivity index (χ0n) is 16.5. The number of anilines is 1. The molecule has 1 unspecified atom stereocenters. The average molecular weight is 395 g/mol. The number of aromatic amines is 1. The average Bonchev–Trinajstić information content (AvgIpc) is 3.08. The molecule has 1 aromatic carbocycles. The van der Waals surface area contributed by atoms with Crippen LogP contribution in [0.2, 0.25) is 0 Å². The molecule has 0 radical (unpaired) electrons. The third kappa shape index (κ3) is 4.78. The Balaban J connectivity index is 0.000000755. The molecule has 2 heterocycles. The van der Waals surface area contributed by atoms with Crippen LogP contribution in [0.15, 0.2) is 30.6 Å². The first-order valence-electron chi connectivity index (χ1n) is 9.60.